The molecular formula is C13H18FNO4S. The van der Waals surface area contributed by atoms with Gasteiger partial charge in [-0.25, -0.2) is 12.8 Å². The van der Waals surface area contributed by atoms with Gasteiger partial charge in [0.1, 0.15) is 10.7 Å². The van der Waals surface area contributed by atoms with Crippen LogP contribution in [-0.4, -0.2) is 42.0 Å². The third kappa shape index (κ3) is 2.60. The van der Waals surface area contributed by atoms with E-state index in [4.69, 9.17) is 9.47 Å². The average molecular weight is 303 g/mol. The number of halogens is 1. The predicted octanol–water partition coefficient (Wildman–Crippen LogP) is 1.32. The van der Waals surface area contributed by atoms with Crippen LogP contribution < -0.4 is 14.8 Å². The molecule has 1 fully saturated rings. The Morgan fingerprint density at radius 1 is 1.30 bits per heavy atom. The monoisotopic (exact) mass is 303 g/mol. The minimum Gasteiger partial charge on any atom is -0.493 e. The van der Waals surface area contributed by atoms with Gasteiger partial charge in [-0.1, -0.05) is 0 Å². The van der Waals surface area contributed by atoms with Crippen LogP contribution in [0.1, 0.15) is 17.9 Å². The average Bonchev–Trinajstić information content (AvgIpc) is 2.89. The van der Waals surface area contributed by atoms with E-state index in [0.717, 1.165) is 19.2 Å². The SMILES string of the molecule is COc1c(C2CCNC2)cc(F)c(S(C)(=O)=O)c1OC. The van der Waals surface area contributed by atoms with E-state index in [1.54, 1.807) is 0 Å². The lowest BCUT2D eigenvalue weighted by Gasteiger charge is -2.19. The summed E-state index contributed by atoms with van der Waals surface area (Å²) in [4.78, 5) is -0.452. The fraction of sp³-hybridized carbons (Fsp3) is 0.538. The van der Waals surface area contributed by atoms with E-state index in [2.05, 4.69) is 5.32 Å². The summed E-state index contributed by atoms with van der Waals surface area (Å²) in [7, 11) is -1.01. The van der Waals surface area contributed by atoms with Crippen molar-refractivity contribution in [3.05, 3.63) is 17.4 Å². The molecule has 0 aliphatic carbocycles. The smallest absolute Gasteiger partial charge is 0.182 e. The second kappa shape index (κ2) is 5.57. The number of benzene rings is 1. The molecule has 0 radical (unpaired) electrons. The fourth-order valence-corrected chi connectivity index (χ4v) is 3.50. The van der Waals surface area contributed by atoms with E-state index >= 15 is 0 Å². The lowest BCUT2D eigenvalue weighted by atomic mass is 9.96. The van der Waals surface area contributed by atoms with Gasteiger partial charge in [0.25, 0.3) is 0 Å². The summed E-state index contributed by atoms with van der Waals surface area (Å²) in [5, 5.41) is 3.19. The maximum absolute atomic E-state index is 14.2. The molecule has 0 aromatic heterocycles. The van der Waals surface area contributed by atoms with E-state index in [-0.39, 0.29) is 11.7 Å². The maximum atomic E-state index is 14.2. The van der Waals surface area contributed by atoms with Crippen molar-refractivity contribution in [1.29, 1.82) is 0 Å². The van der Waals surface area contributed by atoms with Crippen LogP contribution in [-0.2, 0) is 9.84 Å². The van der Waals surface area contributed by atoms with E-state index in [1.807, 2.05) is 0 Å². The first-order chi connectivity index (χ1) is 9.40. The van der Waals surface area contributed by atoms with Gasteiger partial charge in [0.15, 0.2) is 21.3 Å². The van der Waals surface area contributed by atoms with Gasteiger partial charge in [0, 0.05) is 24.3 Å². The molecule has 112 valence electrons. The molecule has 1 heterocycles. The molecule has 1 aliphatic rings. The summed E-state index contributed by atoms with van der Waals surface area (Å²) in [6.45, 7) is 1.54. The molecule has 1 aromatic rings. The van der Waals surface area contributed by atoms with Crippen LogP contribution in [0.4, 0.5) is 4.39 Å². The summed E-state index contributed by atoms with van der Waals surface area (Å²) in [5.74, 6) is -0.478. The van der Waals surface area contributed by atoms with E-state index < -0.39 is 20.5 Å². The zero-order valence-corrected chi connectivity index (χ0v) is 12.5. The second-order valence-electron chi connectivity index (χ2n) is 4.81. The molecule has 1 aromatic carbocycles. The van der Waals surface area contributed by atoms with Crippen LogP contribution >= 0.6 is 0 Å². The summed E-state index contributed by atoms with van der Waals surface area (Å²) >= 11 is 0. The van der Waals surface area contributed by atoms with Crippen molar-refractivity contribution in [3.63, 3.8) is 0 Å². The van der Waals surface area contributed by atoms with Crippen LogP contribution in [0.2, 0.25) is 0 Å². The molecular weight excluding hydrogens is 285 g/mol. The summed E-state index contributed by atoms with van der Waals surface area (Å²) in [6.07, 6.45) is 1.79. The number of hydrogen-bond acceptors (Lipinski definition) is 5. The second-order valence-corrected chi connectivity index (χ2v) is 6.76. The van der Waals surface area contributed by atoms with Crippen LogP contribution in [0, 0.1) is 5.82 Å². The zero-order chi connectivity index (χ0) is 14.9. The molecule has 0 amide bonds. The Bertz CT molecular complexity index is 609. The quantitative estimate of drug-likeness (QED) is 0.909. The summed E-state index contributed by atoms with van der Waals surface area (Å²) in [5.41, 5.74) is 0.638. The van der Waals surface area contributed by atoms with Gasteiger partial charge in [-0.2, -0.15) is 0 Å². The largest absolute Gasteiger partial charge is 0.493 e. The molecule has 0 saturated carbocycles. The van der Waals surface area contributed by atoms with Crippen molar-refractivity contribution < 1.29 is 22.3 Å². The first-order valence-electron chi connectivity index (χ1n) is 6.25. The topological polar surface area (TPSA) is 64.6 Å². The number of sulfone groups is 1. The highest BCUT2D eigenvalue weighted by Gasteiger charge is 2.30. The van der Waals surface area contributed by atoms with Gasteiger partial charge in [-0.3, -0.25) is 0 Å². The zero-order valence-electron chi connectivity index (χ0n) is 11.7. The van der Waals surface area contributed by atoms with Crippen molar-refractivity contribution in [2.45, 2.75) is 17.2 Å². The third-order valence-electron chi connectivity index (χ3n) is 3.45. The number of rotatable bonds is 4. The highest BCUT2D eigenvalue weighted by molar-refractivity contribution is 7.90. The summed E-state index contributed by atoms with van der Waals surface area (Å²) < 4.78 is 48.1. The molecule has 0 bridgehead atoms. The molecule has 1 aliphatic heterocycles. The van der Waals surface area contributed by atoms with E-state index in [9.17, 15) is 12.8 Å². The first-order valence-corrected chi connectivity index (χ1v) is 8.14. The molecule has 1 saturated heterocycles. The van der Waals surface area contributed by atoms with Crippen LogP contribution in [0.15, 0.2) is 11.0 Å². The molecule has 2 rings (SSSR count). The Morgan fingerprint density at radius 2 is 1.95 bits per heavy atom. The van der Waals surface area contributed by atoms with Gasteiger partial charge >= 0.3 is 0 Å². The molecule has 1 atom stereocenters. The molecule has 1 N–H and O–H groups in total. The van der Waals surface area contributed by atoms with Gasteiger partial charge in [-0.15, -0.1) is 0 Å². The molecule has 20 heavy (non-hydrogen) atoms. The first kappa shape index (κ1) is 15.1. The number of ether oxygens (including phenoxy) is 2. The van der Waals surface area contributed by atoms with Gasteiger partial charge in [-0.05, 0) is 19.0 Å². The van der Waals surface area contributed by atoms with Crippen molar-refractivity contribution >= 4 is 9.84 Å². The Hall–Kier alpha value is -1.34. The van der Waals surface area contributed by atoms with Gasteiger partial charge in [0.05, 0.1) is 14.2 Å². The predicted molar refractivity (Wildman–Crippen MR) is 72.8 cm³/mol. The number of nitrogens with one attached hydrogen (secondary N) is 1. The van der Waals surface area contributed by atoms with Crippen molar-refractivity contribution in [3.8, 4) is 11.5 Å². The fourth-order valence-electron chi connectivity index (χ4n) is 2.58. The van der Waals surface area contributed by atoms with E-state index in [0.29, 0.717) is 17.9 Å². The van der Waals surface area contributed by atoms with Crippen molar-refractivity contribution in [2.75, 3.05) is 33.6 Å². The highest BCUT2D eigenvalue weighted by atomic mass is 32.2. The Labute approximate surface area is 118 Å². The summed E-state index contributed by atoms with van der Waals surface area (Å²) in [6, 6.07) is 1.25. The van der Waals surface area contributed by atoms with Crippen LogP contribution in [0.3, 0.4) is 0 Å². The lowest BCUT2D eigenvalue weighted by Crippen LogP contribution is -2.12. The molecule has 7 heteroatoms. The lowest BCUT2D eigenvalue weighted by molar-refractivity contribution is 0.336. The van der Waals surface area contributed by atoms with Gasteiger partial charge < -0.3 is 14.8 Å². The normalized spacial score (nSPS) is 19.1. The standard InChI is InChI=1S/C13H18FNO4S/c1-18-11-9(8-4-5-15-7-8)6-10(14)13(12(11)19-2)20(3,16)17/h6,8,15H,4-5,7H2,1-3H3. The molecule has 1 unspecified atom stereocenters. The Balaban J connectivity index is 2.70. The van der Waals surface area contributed by atoms with Crippen LogP contribution in [0.5, 0.6) is 11.5 Å². The Kier molecular flexibility index (Phi) is 4.19. The minimum absolute atomic E-state index is 0.0584. The Morgan fingerprint density at radius 3 is 2.40 bits per heavy atom. The number of hydrogen-bond donors (Lipinski definition) is 1. The van der Waals surface area contributed by atoms with Crippen molar-refractivity contribution in [1.82, 2.24) is 5.32 Å². The third-order valence-corrected chi connectivity index (χ3v) is 4.57. The highest BCUT2D eigenvalue weighted by Crippen LogP contribution is 2.43. The van der Waals surface area contributed by atoms with Gasteiger partial charge in [0.2, 0.25) is 0 Å². The maximum Gasteiger partial charge on any atom is 0.182 e. The number of methoxy groups -OCH3 is 2. The molecule has 0 spiro atoms. The molecule has 5 nitrogen and oxygen atoms in total. The minimum atomic E-state index is -3.74. The van der Waals surface area contributed by atoms with Crippen LogP contribution in [0.25, 0.3) is 0 Å². The van der Waals surface area contributed by atoms with E-state index in [1.165, 1.54) is 20.3 Å². The van der Waals surface area contributed by atoms with Crippen molar-refractivity contribution in [2.24, 2.45) is 0 Å².